The van der Waals surface area contributed by atoms with Gasteiger partial charge in [-0.2, -0.15) is 0 Å². The number of unbranched alkanes of at least 4 members (excludes halogenated alkanes) is 2. The molecule has 0 aliphatic carbocycles. The van der Waals surface area contributed by atoms with Crippen LogP contribution in [0.2, 0.25) is 0 Å². The molecule has 0 saturated heterocycles. The van der Waals surface area contributed by atoms with Crippen LogP contribution in [0.3, 0.4) is 0 Å². The summed E-state index contributed by atoms with van der Waals surface area (Å²) in [4.78, 5) is 8.00. The van der Waals surface area contributed by atoms with Gasteiger partial charge < -0.3 is 10.1 Å². The van der Waals surface area contributed by atoms with E-state index in [9.17, 15) is 0 Å². The maximum absolute atomic E-state index is 8.00. The van der Waals surface area contributed by atoms with Crippen molar-refractivity contribution in [2.75, 3.05) is 13.6 Å². The van der Waals surface area contributed by atoms with Crippen LogP contribution < -0.4 is 5.32 Å². The van der Waals surface area contributed by atoms with Crippen molar-refractivity contribution in [2.45, 2.75) is 74.7 Å². The normalized spacial score (nSPS) is 9.22. The largest absolute Gasteiger partial charge is 0.320 e. The first-order valence-electron chi connectivity index (χ1n) is 7.29. The summed E-state index contributed by atoms with van der Waals surface area (Å²) in [5, 5.41) is 3.10. The molecule has 0 radical (unpaired) electrons. The minimum atomic E-state index is 0.500. The highest BCUT2D eigenvalue weighted by molar-refractivity contribution is 5.10. The Morgan fingerprint density at radius 2 is 1.39 bits per heavy atom. The predicted octanol–water partition coefficient (Wildman–Crippen LogP) is 4.93. The Kier molecular flexibility index (Phi) is 31.9. The second-order valence-electron chi connectivity index (χ2n) is 5.33. The summed E-state index contributed by atoms with van der Waals surface area (Å²) in [6, 6.07) is 0. The van der Waals surface area contributed by atoms with Crippen LogP contribution in [0.5, 0.6) is 0 Å². The van der Waals surface area contributed by atoms with Crippen LogP contribution in [0.25, 0.3) is 0 Å². The van der Waals surface area contributed by atoms with Crippen molar-refractivity contribution in [2.24, 2.45) is 11.3 Å². The molecule has 114 valence electrons. The number of hydrogen-bond donors (Lipinski definition) is 1. The van der Waals surface area contributed by atoms with E-state index < -0.39 is 0 Å². The lowest BCUT2D eigenvalue weighted by atomic mass is 9.84. The molecule has 0 saturated carbocycles. The Morgan fingerprint density at radius 3 is 1.56 bits per heavy atom. The fourth-order valence-corrected chi connectivity index (χ4v) is 0.552. The summed E-state index contributed by atoms with van der Waals surface area (Å²) in [5.74, 6) is 0.799. The Bertz CT molecular complexity index is 113. The lowest BCUT2D eigenvalue weighted by Gasteiger charge is -2.22. The summed E-state index contributed by atoms with van der Waals surface area (Å²) < 4.78 is 0. The summed E-state index contributed by atoms with van der Waals surface area (Å²) in [6.45, 7) is 20.7. The zero-order chi connectivity index (χ0) is 15.6. The van der Waals surface area contributed by atoms with Gasteiger partial charge in [-0.25, -0.2) is 0 Å². The van der Waals surface area contributed by atoms with Crippen LogP contribution in [0.4, 0.5) is 0 Å². The van der Waals surface area contributed by atoms with Gasteiger partial charge in [0.25, 0.3) is 0 Å². The monoisotopic (exact) mass is 261 g/mol. The second-order valence-corrected chi connectivity index (χ2v) is 5.33. The van der Waals surface area contributed by atoms with Crippen molar-refractivity contribution >= 4 is 6.79 Å². The van der Waals surface area contributed by atoms with Gasteiger partial charge in [0.05, 0.1) is 0 Å². The van der Waals surface area contributed by atoms with Gasteiger partial charge in [-0.1, -0.05) is 68.2 Å². The fraction of sp³-hybridized carbons (Fsp3) is 0.938. The number of carbonyl (C=O) groups is 1. The Hall–Kier alpha value is -0.370. The van der Waals surface area contributed by atoms with E-state index in [1.165, 1.54) is 25.8 Å². The second kappa shape index (κ2) is 21.9. The number of hydrogen-bond acceptors (Lipinski definition) is 2. The van der Waals surface area contributed by atoms with Gasteiger partial charge in [0.2, 0.25) is 0 Å². The van der Waals surface area contributed by atoms with E-state index in [1.807, 2.05) is 27.7 Å². The van der Waals surface area contributed by atoms with Gasteiger partial charge in [0, 0.05) is 0 Å². The Balaban J connectivity index is -0.0000000851. The van der Waals surface area contributed by atoms with Crippen molar-refractivity contribution in [3.8, 4) is 0 Å². The molecule has 18 heavy (non-hydrogen) atoms. The third-order valence-electron chi connectivity index (χ3n) is 2.76. The van der Waals surface area contributed by atoms with E-state index >= 15 is 0 Å². The van der Waals surface area contributed by atoms with Gasteiger partial charge >= 0.3 is 0 Å². The third kappa shape index (κ3) is 36.1. The molecule has 0 unspecified atom stereocenters. The SMILES string of the molecule is C=O.CC.CC(C)C(C)(C)C.CCCCCNC. The molecule has 0 bridgehead atoms. The number of rotatable bonds is 4. The van der Waals surface area contributed by atoms with E-state index in [0.717, 1.165) is 5.92 Å². The molecule has 0 amide bonds. The summed E-state index contributed by atoms with van der Waals surface area (Å²) >= 11 is 0. The van der Waals surface area contributed by atoms with Gasteiger partial charge in [0.1, 0.15) is 6.79 Å². The van der Waals surface area contributed by atoms with E-state index in [0.29, 0.717) is 5.41 Å². The molecule has 0 heterocycles. The van der Waals surface area contributed by atoms with Gasteiger partial charge in [-0.15, -0.1) is 0 Å². The molecule has 0 aromatic heterocycles. The van der Waals surface area contributed by atoms with Crippen molar-refractivity contribution < 1.29 is 4.79 Å². The maximum Gasteiger partial charge on any atom is 0.106 e. The molecule has 1 N–H and O–H groups in total. The first-order chi connectivity index (χ1) is 8.36. The Labute approximate surface area is 117 Å². The summed E-state index contributed by atoms with van der Waals surface area (Å²) in [5.41, 5.74) is 0.500. The Morgan fingerprint density at radius 1 is 1.06 bits per heavy atom. The van der Waals surface area contributed by atoms with Gasteiger partial charge in [0.15, 0.2) is 0 Å². The minimum absolute atomic E-state index is 0.500. The molecule has 0 aliphatic heterocycles. The number of nitrogens with one attached hydrogen (secondary N) is 1. The average molecular weight is 261 g/mol. The smallest absolute Gasteiger partial charge is 0.106 e. The predicted molar refractivity (Wildman–Crippen MR) is 86.2 cm³/mol. The number of carbonyl (C=O) groups excluding carboxylic acids is 1. The standard InChI is InChI=1S/C7H16.C6H15N.C2H6.CH2O/c1-6(2)7(3,4)5;1-3-4-5-6-7-2;2*1-2/h6H,1-5H3;7H,3-6H2,1-2H3;1-2H3;1H2. The molecular weight excluding hydrogens is 222 g/mol. The lowest BCUT2D eigenvalue weighted by molar-refractivity contribution is -0.0979. The van der Waals surface area contributed by atoms with Crippen LogP contribution in [-0.4, -0.2) is 20.4 Å². The molecule has 0 fully saturated rings. The van der Waals surface area contributed by atoms with E-state index in [2.05, 4.69) is 46.9 Å². The van der Waals surface area contributed by atoms with E-state index in [-0.39, 0.29) is 0 Å². The zero-order valence-electron chi connectivity index (χ0n) is 14.5. The molecular formula is C16H39NO. The zero-order valence-corrected chi connectivity index (χ0v) is 14.5. The molecule has 0 atom stereocenters. The summed E-state index contributed by atoms with van der Waals surface area (Å²) in [7, 11) is 2.00. The van der Waals surface area contributed by atoms with E-state index in [4.69, 9.17) is 4.79 Å². The van der Waals surface area contributed by atoms with Crippen molar-refractivity contribution in [3.63, 3.8) is 0 Å². The van der Waals surface area contributed by atoms with E-state index in [1.54, 1.807) is 0 Å². The third-order valence-corrected chi connectivity index (χ3v) is 2.76. The maximum atomic E-state index is 8.00. The molecule has 0 aliphatic rings. The van der Waals surface area contributed by atoms with Gasteiger partial charge in [-0.05, 0) is 31.3 Å². The van der Waals surface area contributed by atoms with Crippen LogP contribution >= 0.6 is 0 Å². The first kappa shape index (κ1) is 26.2. The highest BCUT2D eigenvalue weighted by atomic mass is 16.1. The molecule has 2 heteroatoms. The topological polar surface area (TPSA) is 29.1 Å². The first-order valence-corrected chi connectivity index (χ1v) is 7.29. The fourth-order valence-electron chi connectivity index (χ4n) is 0.552. The molecule has 0 aromatic rings. The van der Waals surface area contributed by atoms with Crippen LogP contribution in [0.15, 0.2) is 0 Å². The molecule has 0 aromatic carbocycles. The molecule has 0 rings (SSSR count). The minimum Gasteiger partial charge on any atom is -0.320 e. The van der Waals surface area contributed by atoms with Crippen LogP contribution in [0, 0.1) is 11.3 Å². The van der Waals surface area contributed by atoms with Crippen molar-refractivity contribution in [1.82, 2.24) is 5.32 Å². The highest BCUT2D eigenvalue weighted by Gasteiger charge is 2.13. The van der Waals surface area contributed by atoms with Crippen LogP contribution in [0.1, 0.15) is 74.7 Å². The highest BCUT2D eigenvalue weighted by Crippen LogP contribution is 2.23. The molecule has 0 spiro atoms. The van der Waals surface area contributed by atoms with Crippen molar-refractivity contribution in [1.29, 1.82) is 0 Å². The van der Waals surface area contributed by atoms with Gasteiger partial charge in [-0.3, -0.25) is 0 Å². The molecule has 2 nitrogen and oxygen atoms in total. The van der Waals surface area contributed by atoms with Crippen LogP contribution in [-0.2, 0) is 4.79 Å². The lowest BCUT2D eigenvalue weighted by Crippen LogP contribution is -2.12. The van der Waals surface area contributed by atoms with Crippen molar-refractivity contribution in [3.05, 3.63) is 0 Å². The average Bonchev–Trinajstić information content (AvgIpc) is 2.34. The quantitative estimate of drug-likeness (QED) is 0.727. The summed E-state index contributed by atoms with van der Waals surface area (Å²) in [6.07, 6.45) is 4.01.